The molecule has 0 aromatic carbocycles. The minimum Gasteiger partial charge on any atom is -0.450 e. The summed E-state index contributed by atoms with van der Waals surface area (Å²) < 4.78 is 68.8. The highest BCUT2D eigenvalue weighted by atomic mass is 35.5. The Bertz CT molecular complexity index is 989. The van der Waals surface area contributed by atoms with Crippen LogP contribution in [0.1, 0.15) is 16.1 Å². The molecule has 2 rings (SSSR count). The van der Waals surface area contributed by atoms with Crippen LogP contribution in [0, 0.1) is 0 Å². The average Bonchev–Trinajstić information content (AvgIpc) is 3.04. The molecule has 2 heterocycles. The standard InChI is InChI=1S/C13H9ClF3N3O6S/c14-7-3-6(13(15,16)17)4-19-11(7)20-9(21)5-25-12(22)8-1-2-10(26-8)27(18,23)24/h1-4H,5H2,(H2,18,23,24)(H,19,20,21). The van der Waals surface area contributed by atoms with Gasteiger partial charge in [0.1, 0.15) is 0 Å². The number of ether oxygens (including phenoxy) is 1. The second-order valence-corrected chi connectivity index (χ2v) is 6.74. The minimum absolute atomic E-state index is 0.375. The lowest BCUT2D eigenvalue weighted by molar-refractivity contribution is -0.137. The molecule has 14 heteroatoms. The van der Waals surface area contributed by atoms with Crippen LogP contribution in [0.15, 0.2) is 33.9 Å². The number of halogens is 4. The summed E-state index contributed by atoms with van der Waals surface area (Å²) in [6.07, 6.45) is -4.20. The fourth-order valence-electron chi connectivity index (χ4n) is 1.64. The van der Waals surface area contributed by atoms with Crippen molar-refractivity contribution in [2.75, 3.05) is 11.9 Å². The molecule has 0 aliphatic carbocycles. The van der Waals surface area contributed by atoms with Crippen LogP contribution >= 0.6 is 11.6 Å². The molecule has 9 nitrogen and oxygen atoms in total. The van der Waals surface area contributed by atoms with Crippen LogP contribution in [0.4, 0.5) is 19.0 Å². The van der Waals surface area contributed by atoms with E-state index in [2.05, 4.69) is 19.5 Å². The van der Waals surface area contributed by atoms with Crippen LogP contribution in [0.3, 0.4) is 0 Å². The number of carbonyl (C=O) groups excluding carboxylic acids is 2. The maximum atomic E-state index is 12.5. The molecule has 2 aromatic rings. The van der Waals surface area contributed by atoms with Crippen LogP contribution in [0.25, 0.3) is 0 Å². The summed E-state index contributed by atoms with van der Waals surface area (Å²) in [5, 5.41) is 5.70. The lowest BCUT2D eigenvalue weighted by atomic mass is 10.3. The molecule has 146 valence electrons. The molecule has 0 saturated carbocycles. The molecule has 0 atom stereocenters. The van der Waals surface area contributed by atoms with E-state index in [9.17, 15) is 31.2 Å². The first-order valence-corrected chi connectivity index (χ1v) is 8.62. The van der Waals surface area contributed by atoms with Gasteiger partial charge >= 0.3 is 12.1 Å². The van der Waals surface area contributed by atoms with Crippen molar-refractivity contribution in [2.24, 2.45) is 5.14 Å². The summed E-state index contributed by atoms with van der Waals surface area (Å²) in [5.74, 6) is -3.04. The number of anilines is 1. The minimum atomic E-state index is -4.66. The first-order chi connectivity index (χ1) is 12.4. The molecule has 1 amide bonds. The zero-order valence-corrected chi connectivity index (χ0v) is 14.5. The molecule has 3 N–H and O–H groups in total. The number of esters is 1. The SMILES string of the molecule is NS(=O)(=O)c1ccc(C(=O)OCC(=O)Nc2ncc(C(F)(F)F)cc2Cl)o1. The number of nitrogens with two attached hydrogens (primary N) is 1. The van der Waals surface area contributed by atoms with E-state index in [4.69, 9.17) is 16.7 Å². The summed E-state index contributed by atoms with van der Waals surface area (Å²) in [5.41, 5.74) is -1.11. The number of nitrogens with zero attached hydrogens (tertiary/aromatic N) is 1. The third kappa shape index (κ3) is 5.42. The van der Waals surface area contributed by atoms with Crippen molar-refractivity contribution in [3.63, 3.8) is 0 Å². The van der Waals surface area contributed by atoms with Gasteiger partial charge in [-0.3, -0.25) is 4.79 Å². The number of pyridine rings is 1. The Morgan fingerprint density at radius 2 is 2.00 bits per heavy atom. The van der Waals surface area contributed by atoms with Gasteiger partial charge in [-0.15, -0.1) is 0 Å². The van der Waals surface area contributed by atoms with Crippen molar-refractivity contribution in [1.82, 2.24) is 4.98 Å². The molecule has 0 aliphatic heterocycles. The Morgan fingerprint density at radius 1 is 1.33 bits per heavy atom. The van der Waals surface area contributed by atoms with E-state index >= 15 is 0 Å². The van der Waals surface area contributed by atoms with E-state index in [1.54, 1.807) is 0 Å². The molecule has 2 aromatic heterocycles. The number of sulfonamides is 1. The van der Waals surface area contributed by atoms with E-state index in [0.717, 1.165) is 12.1 Å². The fourth-order valence-corrected chi connectivity index (χ4v) is 2.32. The van der Waals surface area contributed by atoms with Gasteiger partial charge in [0, 0.05) is 6.20 Å². The van der Waals surface area contributed by atoms with Gasteiger partial charge in [0.25, 0.3) is 15.9 Å². The maximum Gasteiger partial charge on any atom is 0.417 e. The van der Waals surface area contributed by atoms with Gasteiger partial charge in [0.05, 0.1) is 10.6 Å². The Morgan fingerprint density at radius 3 is 2.52 bits per heavy atom. The third-order valence-corrected chi connectivity index (χ3v) is 3.89. The monoisotopic (exact) mass is 427 g/mol. The Hall–Kier alpha value is -2.64. The van der Waals surface area contributed by atoms with E-state index < -0.39 is 56.1 Å². The largest absolute Gasteiger partial charge is 0.450 e. The number of alkyl halides is 3. The summed E-state index contributed by atoms with van der Waals surface area (Å²) in [6, 6.07) is 2.44. The molecule has 0 spiro atoms. The summed E-state index contributed by atoms with van der Waals surface area (Å²) in [4.78, 5) is 26.7. The average molecular weight is 428 g/mol. The van der Waals surface area contributed by atoms with Gasteiger partial charge < -0.3 is 14.5 Å². The van der Waals surface area contributed by atoms with E-state index in [0.29, 0.717) is 12.3 Å². The molecule has 0 fully saturated rings. The lowest BCUT2D eigenvalue weighted by Crippen LogP contribution is -2.21. The van der Waals surface area contributed by atoms with Gasteiger partial charge in [0.2, 0.25) is 10.9 Å². The van der Waals surface area contributed by atoms with Gasteiger partial charge in [-0.25, -0.2) is 23.3 Å². The summed E-state index contributed by atoms with van der Waals surface area (Å²) in [6.45, 7) is -0.872. The van der Waals surface area contributed by atoms with Crippen LogP contribution in [-0.4, -0.2) is 31.9 Å². The molecular formula is C13H9ClF3N3O6S. The molecule has 0 bridgehead atoms. The number of primary sulfonamides is 1. The predicted octanol–water partition coefficient (Wildman–Crippen LogP) is 1.79. The fraction of sp³-hybridized carbons (Fsp3) is 0.154. The highest BCUT2D eigenvalue weighted by Gasteiger charge is 2.31. The highest BCUT2D eigenvalue weighted by molar-refractivity contribution is 7.89. The van der Waals surface area contributed by atoms with E-state index in [-0.39, 0.29) is 5.82 Å². The zero-order chi connectivity index (χ0) is 20.4. The lowest BCUT2D eigenvalue weighted by Gasteiger charge is -2.10. The van der Waals surface area contributed by atoms with Gasteiger partial charge in [-0.1, -0.05) is 11.6 Å². The van der Waals surface area contributed by atoms with Gasteiger partial charge in [-0.05, 0) is 18.2 Å². The zero-order valence-electron chi connectivity index (χ0n) is 12.9. The molecule has 0 radical (unpaired) electrons. The normalized spacial score (nSPS) is 11.9. The highest BCUT2D eigenvalue weighted by Crippen LogP contribution is 2.32. The van der Waals surface area contributed by atoms with Crippen molar-refractivity contribution in [1.29, 1.82) is 0 Å². The smallest absolute Gasteiger partial charge is 0.417 e. The maximum absolute atomic E-state index is 12.5. The second-order valence-electron chi connectivity index (χ2n) is 4.84. The number of carbonyl (C=O) groups is 2. The third-order valence-electron chi connectivity index (χ3n) is 2.82. The van der Waals surface area contributed by atoms with Gasteiger partial charge in [-0.2, -0.15) is 13.2 Å². The van der Waals surface area contributed by atoms with E-state index in [1.807, 2.05) is 0 Å². The molecule has 0 saturated heterocycles. The molecular weight excluding hydrogens is 419 g/mol. The number of amides is 1. The molecule has 0 unspecified atom stereocenters. The van der Waals surface area contributed by atoms with Crippen molar-refractivity contribution in [2.45, 2.75) is 11.3 Å². The number of rotatable bonds is 5. The van der Waals surface area contributed by atoms with Crippen LogP contribution < -0.4 is 10.5 Å². The van der Waals surface area contributed by atoms with Crippen molar-refractivity contribution < 1.29 is 40.3 Å². The summed E-state index contributed by atoms with van der Waals surface area (Å²) >= 11 is 5.61. The quantitative estimate of drug-likeness (QED) is 0.692. The Balaban J connectivity index is 1.96. The number of hydrogen-bond acceptors (Lipinski definition) is 7. The first-order valence-electron chi connectivity index (χ1n) is 6.70. The number of furan rings is 1. The number of hydrogen-bond donors (Lipinski definition) is 2. The van der Waals surface area contributed by atoms with Gasteiger partial charge in [0.15, 0.2) is 12.4 Å². The van der Waals surface area contributed by atoms with Crippen LogP contribution in [0.5, 0.6) is 0 Å². The van der Waals surface area contributed by atoms with Crippen molar-refractivity contribution in [3.05, 3.63) is 40.7 Å². The topological polar surface area (TPSA) is 142 Å². The predicted molar refractivity (Wildman–Crippen MR) is 83.2 cm³/mol. The Labute approximate surface area is 154 Å². The van der Waals surface area contributed by atoms with Crippen molar-refractivity contribution >= 4 is 39.3 Å². The van der Waals surface area contributed by atoms with Crippen LogP contribution in [0.2, 0.25) is 5.02 Å². The molecule has 27 heavy (non-hydrogen) atoms. The van der Waals surface area contributed by atoms with E-state index in [1.165, 1.54) is 0 Å². The number of nitrogens with one attached hydrogen (secondary N) is 1. The van der Waals surface area contributed by atoms with Crippen LogP contribution in [-0.2, 0) is 25.7 Å². The summed E-state index contributed by atoms with van der Waals surface area (Å²) in [7, 11) is -4.16. The first kappa shape index (κ1) is 20.7. The molecule has 0 aliphatic rings. The van der Waals surface area contributed by atoms with Crippen molar-refractivity contribution in [3.8, 4) is 0 Å². The number of aromatic nitrogens is 1. The second kappa shape index (κ2) is 7.54. The Kier molecular flexibility index (Phi) is 5.77.